The number of carboxylic acid groups (broad SMARTS) is 2. The molecule has 0 radical (unpaired) electrons. The zero-order chi connectivity index (χ0) is 27.6. The number of halogens is 6. The zero-order valence-electron chi connectivity index (χ0n) is 19.0. The monoisotopic (exact) mass is 559 g/mol. The molecule has 2 aromatic rings. The summed E-state index contributed by atoms with van der Waals surface area (Å²) in [7, 11) is 0. The minimum absolute atomic E-state index is 0.180. The van der Waals surface area contributed by atoms with E-state index in [0.29, 0.717) is 12.6 Å². The minimum atomic E-state index is -5.08. The molecule has 9 nitrogen and oxygen atoms in total. The molecular formula is C21H23F6N3O6S. The van der Waals surface area contributed by atoms with Crippen LogP contribution < -0.4 is 0 Å². The lowest BCUT2D eigenvalue weighted by molar-refractivity contribution is -0.193. The largest absolute Gasteiger partial charge is 0.490 e. The normalized spacial score (nSPS) is 21.6. The molecule has 3 atom stereocenters. The third-order valence-corrected chi connectivity index (χ3v) is 5.91. The van der Waals surface area contributed by atoms with Gasteiger partial charge in [-0.15, -0.1) is 11.3 Å². The summed E-state index contributed by atoms with van der Waals surface area (Å²) in [5, 5.41) is 17.5. The smallest absolute Gasteiger partial charge is 0.475 e. The molecule has 16 heteroatoms. The molecule has 0 spiro atoms. The lowest BCUT2D eigenvalue weighted by Crippen LogP contribution is -2.51. The highest BCUT2D eigenvalue weighted by atomic mass is 32.1. The van der Waals surface area contributed by atoms with Crippen molar-refractivity contribution in [1.29, 1.82) is 0 Å². The second-order valence-electron chi connectivity index (χ2n) is 7.69. The lowest BCUT2D eigenvalue weighted by atomic mass is 10.1. The van der Waals surface area contributed by atoms with Gasteiger partial charge in [-0.1, -0.05) is 6.07 Å². The van der Waals surface area contributed by atoms with Crippen LogP contribution in [-0.4, -0.2) is 80.8 Å². The summed E-state index contributed by atoms with van der Waals surface area (Å²) in [6.45, 7) is 3.30. The summed E-state index contributed by atoms with van der Waals surface area (Å²) in [6, 6.07) is 4.45. The number of aliphatic carboxylic acids is 2. The molecular weight excluding hydrogens is 536 g/mol. The van der Waals surface area contributed by atoms with Gasteiger partial charge in [0.2, 0.25) is 0 Å². The van der Waals surface area contributed by atoms with Crippen LogP contribution in [0, 0.1) is 0 Å². The van der Waals surface area contributed by atoms with Crippen LogP contribution in [0.2, 0.25) is 0 Å². The summed E-state index contributed by atoms with van der Waals surface area (Å²) in [4.78, 5) is 28.9. The van der Waals surface area contributed by atoms with E-state index in [4.69, 9.17) is 29.3 Å². The highest BCUT2D eigenvalue weighted by Gasteiger charge is 2.43. The highest BCUT2D eigenvalue weighted by Crippen LogP contribution is 2.33. The van der Waals surface area contributed by atoms with E-state index >= 15 is 0 Å². The summed E-state index contributed by atoms with van der Waals surface area (Å²) in [5.74, 6) is -5.51. The second kappa shape index (κ2) is 13.6. The van der Waals surface area contributed by atoms with Gasteiger partial charge in [0.25, 0.3) is 0 Å². The van der Waals surface area contributed by atoms with Crippen LogP contribution in [0.15, 0.2) is 36.1 Å². The number of morpholine rings is 1. The van der Waals surface area contributed by atoms with E-state index in [-0.39, 0.29) is 12.2 Å². The summed E-state index contributed by atoms with van der Waals surface area (Å²) < 4.78 is 75.7. The second-order valence-corrected chi connectivity index (χ2v) is 8.67. The molecule has 4 rings (SSSR count). The number of carbonyl (C=O) groups is 2. The van der Waals surface area contributed by atoms with Crippen LogP contribution >= 0.6 is 11.3 Å². The number of nitrogens with zero attached hydrogens (tertiary/aromatic N) is 3. The summed E-state index contributed by atoms with van der Waals surface area (Å²) in [5.41, 5.74) is 1.12. The Hall–Kier alpha value is -2.82. The minimum Gasteiger partial charge on any atom is -0.475 e. The van der Waals surface area contributed by atoms with Crippen molar-refractivity contribution in [2.45, 2.75) is 56.6 Å². The Morgan fingerprint density at radius 2 is 1.76 bits per heavy atom. The number of ether oxygens (including phenoxy) is 2. The maximum Gasteiger partial charge on any atom is 0.490 e. The number of aromatic nitrogens is 2. The molecule has 206 valence electrons. The van der Waals surface area contributed by atoms with Crippen LogP contribution in [0.25, 0.3) is 0 Å². The first kappa shape index (κ1) is 30.4. The van der Waals surface area contributed by atoms with E-state index in [1.165, 1.54) is 5.01 Å². The van der Waals surface area contributed by atoms with E-state index < -0.39 is 24.3 Å². The summed E-state index contributed by atoms with van der Waals surface area (Å²) >= 11 is 1.73. The molecule has 1 saturated heterocycles. The van der Waals surface area contributed by atoms with Gasteiger partial charge in [0, 0.05) is 36.6 Å². The number of carboxylic acids is 2. The van der Waals surface area contributed by atoms with Crippen LogP contribution in [0.4, 0.5) is 26.3 Å². The van der Waals surface area contributed by atoms with Crippen molar-refractivity contribution in [2.75, 3.05) is 13.2 Å². The fourth-order valence-electron chi connectivity index (χ4n) is 3.56. The predicted molar refractivity (Wildman–Crippen MR) is 115 cm³/mol. The van der Waals surface area contributed by atoms with Gasteiger partial charge in [-0.05, 0) is 24.5 Å². The van der Waals surface area contributed by atoms with Gasteiger partial charge in [-0.3, -0.25) is 9.88 Å². The van der Waals surface area contributed by atoms with Gasteiger partial charge < -0.3 is 19.7 Å². The van der Waals surface area contributed by atoms with E-state index in [0.717, 1.165) is 38.1 Å². The SMILES string of the molecule is O=C(O)C(F)(F)F.O=C(O)C(F)(F)F.c1cncc(CO[C@@H]2CC[C@H]3[C@H]2OCCN3Cc2nccs2)c1. The molecule has 1 aliphatic carbocycles. The molecule has 3 heterocycles. The average Bonchev–Trinajstić information content (AvgIpc) is 3.48. The average molecular weight is 559 g/mol. The molecule has 2 N–H and O–H groups in total. The maximum absolute atomic E-state index is 10.6. The molecule has 1 saturated carbocycles. The Morgan fingerprint density at radius 3 is 2.27 bits per heavy atom. The van der Waals surface area contributed by atoms with Crippen LogP contribution in [0.5, 0.6) is 0 Å². The van der Waals surface area contributed by atoms with E-state index in [2.05, 4.69) is 20.9 Å². The molecule has 1 aliphatic heterocycles. The van der Waals surface area contributed by atoms with Gasteiger partial charge in [-0.25, -0.2) is 14.6 Å². The fraction of sp³-hybridized carbons (Fsp3) is 0.524. The molecule has 2 aliphatic rings. The molecule has 2 aromatic heterocycles. The first-order valence-corrected chi connectivity index (χ1v) is 11.5. The van der Waals surface area contributed by atoms with Crippen LogP contribution in [0.3, 0.4) is 0 Å². The number of fused-ring (bicyclic) bond motifs is 1. The number of hydrogen-bond acceptors (Lipinski definition) is 8. The van der Waals surface area contributed by atoms with Gasteiger partial charge in [0.05, 0.1) is 32.0 Å². The first-order chi connectivity index (χ1) is 17.3. The van der Waals surface area contributed by atoms with E-state index in [1.54, 1.807) is 17.5 Å². The standard InChI is InChI=1S/C17H21N3O2S.2C2HF3O2/c1-2-13(10-18-5-1)12-22-15-4-3-14-17(15)21-8-7-20(14)11-16-19-6-9-23-16;2*3-2(4,5)1(6)7/h1-2,5-6,9-10,14-15,17H,3-4,7-8,11-12H2;2*(H,6,7)/t14-,15+,17+;;/m0../s1. The van der Waals surface area contributed by atoms with Gasteiger partial charge in [0.15, 0.2) is 0 Å². The fourth-order valence-corrected chi connectivity index (χ4v) is 4.20. The number of hydrogen-bond donors (Lipinski definition) is 2. The van der Waals surface area contributed by atoms with Crippen molar-refractivity contribution >= 4 is 23.3 Å². The van der Waals surface area contributed by atoms with Gasteiger partial charge in [-0.2, -0.15) is 26.3 Å². The molecule has 37 heavy (non-hydrogen) atoms. The van der Waals surface area contributed by atoms with Crippen LogP contribution in [0.1, 0.15) is 23.4 Å². The molecule has 0 aromatic carbocycles. The lowest BCUT2D eigenvalue weighted by Gasteiger charge is -2.38. The molecule has 2 fully saturated rings. The first-order valence-electron chi connectivity index (χ1n) is 10.6. The molecule has 0 amide bonds. The van der Waals surface area contributed by atoms with Crippen molar-refractivity contribution in [3.8, 4) is 0 Å². The topological polar surface area (TPSA) is 122 Å². The zero-order valence-corrected chi connectivity index (χ0v) is 19.8. The number of rotatable bonds is 5. The van der Waals surface area contributed by atoms with Crippen molar-refractivity contribution in [3.63, 3.8) is 0 Å². The van der Waals surface area contributed by atoms with Crippen molar-refractivity contribution in [1.82, 2.24) is 14.9 Å². The third kappa shape index (κ3) is 10.2. The Morgan fingerprint density at radius 1 is 1.11 bits per heavy atom. The van der Waals surface area contributed by atoms with Gasteiger partial charge >= 0.3 is 24.3 Å². The predicted octanol–water partition coefficient (Wildman–Crippen LogP) is 3.75. The highest BCUT2D eigenvalue weighted by molar-refractivity contribution is 7.09. The quantitative estimate of drug-likeness (QED) is 0.528. The van der Waals surface area contributed by atoms with Crippen molar-refractivity contribution in [3.05, 3.63) is 46.7 Å². The molecule has 0 unspecified atom stereocenters. The Kier molecular flexibility index (Phi) is 11.2. The number of thiazole rings is 1. The number of alkyl halides is 6. The van der Waals surface area contributed by atoms with Gasteiger partial charge in [0.1, 0.15) is 5.01 Å². The van der Waals surface area contributed by atoms with Crippen molar-refractivity contribution < 1.29 is 55.6 Å². The Labute approximate surface area is 210 Å². The summed E-state index contributed by atoms with van der Waals surface area (Å²) in [6.07, 6.45) is -2.08. The van der Waals surface area contributed by atoms with E-state index in [9.17, 15) is 26.3 Å². The number of pyridine rings is 1. The third-order valence-electron chi connectivity index (χ3n) is 5.14. The Bertz CT molecular complexity index is 953. The van der Waals surface area contributed by atoms with E-state index in [1.807, 2.05) is 23.8 Å². The van der Waals surface area contributed by atoms with Crippen LogP contribution in [-0.2, 0) is 32.2 Å². The Balaban J connectivity index is 0.000000286. The maximum atomic E-state index is 10.6. The molecule has 0 bridgehead atoms. The van der Waals surface area contributed by atoms with Crippen molar-refractivity contribution in [2.24, 2.45) is 0 Å².